The number of alkyl carbamates (subject to hydrolysis) is 1. The summed E-state index contributed by atoms with van der Waals surface area (Å²) in [4.78, 5) is 73.2. The molecule has 0 spiro atoms. The minimum absolute atomic E-state index is 0.0364. The van der Waals surface area contributed by atoms with Crippen molar-refractivity contribution in [2.45, 2.75) is 57.5 Å². The highest BCUT2D eigenvalue weighted by molar-refractivity contribution is 5.92. The third kappa shape index (κ3) is 10.4. The molecule has 5 rings (SSSR count). The SMILES string of the molecule is CC(=O)OC[C@@H]1O[C@@H](Oc2ccc(CO)cc2NC(=O)CCNC(=O)OCC2c3ccccc3-c3ccccc32)[C@H](CC(=O)O)[C@@H](CC(=O)O)[C@@H]1CC(=O)O. The number of hydrogen-bond acceptors (Lipinski definition) is 11. The lowest BCUT2D eigenvalue weighted by Crippen LogP contribution is -2.53. The van der Waals surface area contributed by atoms with Gasteiger partial charge in [0.05, 0.1) is 31.2 Å². The molecule has 0 bridgehead atoms. The van der Waals surface area contributed by atoms with Crippen LogP contribution in [0.1, 0.15) is 55.2 Å². The summed E-state index contributed by atoms with van der Waals surface area (Å²) in [5.41, 5.74) is 4.65. The van der Waals surface area contributed by atoms with Gasteiger partial charge in [-0.2, -0.15) is 0 Å². The third-order valence-corrected chi connectivity index (χ3v) is 9.63. The normalized spacial score (nSPS) is 20.0. The van der Waals surface area contributed by atoms with Gasteiger partial charge >= 0.3 is 30.0 Å². The maximum absolute atomic E-state index is 13.1. The molecular weight excluding hydrogens is 720 g/mol. The van der Waals surface area contributed by atoms with E-state index < -0.39 is 98.5 Å². The molecular formula is C39H42N2O14. The zero-order valence-corrected chi connectivity index (χ0v) is 29.8. The molecule has 0 unspecified atom stereocenters. The lowest BCUT2D eigenvalue weighted by Gasteiger charge is -2.45. The van der Waals surface area contributed by atoms with E-state index >= 15 is 0 Å². The van der Waals surface area contributed by atoms with Crippen molar-refractivity contribution in [1.29, 1.82) is 0 Å². The Morgan fingerprint density at radius 3 is 1.95 bits per heavy atom. The standard InChI is InChI=1S/C39H42N2O14/c1-21(43)52-20-33-28(16-36(47)48)27(15-35(45)46)29(17-37(49)50)38(55-33)54-32-11-10-22(18-42)14-31(32)41-34(44)12-13-40-39(51)53-19-30-25-8-4-2-6-23(25)24-7-3-5-9-26(24)30/h2-11,14,27-30,33,38,42H,12-13,15-20H2,1H3,(H,40,51)(H,41,44)(H,45,46)(H,47,48)(H,49,50)/t27-,28-,29+,33-,38+/m0/s1. The van der Waals surface area contributed by atoms with Crippen LogP contribution in [0.2, 0.25) is 0 Å². The van der Waals surface area contributed by atoms with Crippen LogP contribution in [0.5, 0.6) is 5.75 Å². The molecule has 1 saturated heterocycles. The molecule has 5 atom stereocenters. The molecule has 1 fully saturated rings. The van der Waals surface area contributed by atoms with E-state index in [4.69, 9.17) is 18.9 Å². The fourth-order valence-electron chi connectivity index (χ4n) is 7.23. The monoisotopic (exact) mass is 762 g/mol. The number of aliphatic hydroxyl groups excluding tert-OH is 1. The number of carbonyl (C=O) groups is 6. The second-order valence-corrected chi connectivity index (χ2v) is 13.3. The molecule has 16 heteroatoms. The lowest BCUT2D eigenvalue weighted by molar-refractivity contribution is -0.236. The highest BCUT2D eigenvalue weighted by atomic mass is 16.7. The predicted octanol–water partition coefficient (Wildman–Crippen LogP) is 3.99. The Bertz CT molecular complexity index is 1870. The predicted molar refractivity (Wildman–Crippen MR) is 192 cm³/mol. The number of hydrogen-bond donors (Lipinski definition) is 6. The maximum atomic E-state index is 13.1. The zero-order valence-electron chi connectivity index (χ0n) is 29.8. The Balaban J connectivity index is 1.26. The van der Waals surface area contributed by atoms with E-state index in [0.717, 1.165) is 29.2 Å². The number of aliphatic carboxylic acids is 3. The number of carboxylic acids is 3. The first-order valence-corrected chi connectivity index (χ1v) is 17.6. The maximum Gasteiger partial charge on any atom is 0.407 e. The van der Waals surface area contributed by atoms with Gasteiger partial charge < -0.3 is 50.0 Å². The molecule has 2 aliphatic rings. The summed E-state index contributed by atoms with van der Waals surface area (Å²) in [5.74, 6) is -8.84. The molecule has 3 aromatic carbocycles. The fourth-order valence-corrected chi connectivity index (χ4v) is 7.23. The van der Waals surface area contributed by atoms with Crippen LogP contribution in [-0.4, -0.2) is 88.5 Å². The average Bonchev–Trinajstić information content (AvgIpc) is 3.45. The van der Waals surface area contributed by atoms with Gasteiger partial charge in [0, 0.05) is 44.1 Å². The Hall–Kier alpha value is -6.00. The van der Waals surface area contributed by atoms with Crippen LogP contribution in [0.3, 0.4) is 0 Å². The third-order valence-electron chi connectivity index (χ3n) is 9.63. The van der Waals surface area contributed by atoms with Gasteiger partial charge in [0.25, 0.3) is 0 Å². The Kier molecular flexibility index (Phi) is 13.4. The minimum Gasteiger partial charge on any atom is -0.481 e. The number of anilines is 1. The van der Waals surface area contributed by atoms with E-state index in [1.54, 1.807) is 0 Å². The van der Waals surface area contributed by atoms with Gasteiger partial charge in [-0.3, -0.25) is 24.0 Å². The second-order valence-electron chi connectivity index (χ2n) is 13.3. The number of fused-ring (bicyclic) bond motifs is 3. The average molecular weight is 763 g/mol. The van der Waals surface area contributed by atoms with Crippen molar-refractivity contribution in [3.63, 3.8) is 0 Å². The van der Waals surface area contributed by atoms with Crippen molar-refractivity contribution in [3.8, 4) is 16.9 Å². The van der Waals surface area contributed by atoms with Crippen LogP contribution in [0.4, 0.5) is 10.5 Å². The van der Waals surface area contributed by atoms with Crippen molar-refractivity contribution in [1.82, 2.24) is 5.32 Å². The number of aliphatic hydroxyl groups is 1. The quantitative estimate of drug-likeness (QED) is 0.107. The molecule has 2 amide bonds. The summed E-state index contributed by atoms with van der Waals surface area (Å²) in [5, 5.41) is 44.2. The zero-order chi connectivity index (χ0) is 39.6. The van der Waals surface area contributed by atoms with E-state index in [9.17, 15) is 49.2 Å². The summed E-state index contributed by atoms with van der Waals surface area (Å²) in [6, 6.07) is 20.0. The highest BCUT2D eigenvalue weighted by Crippen LogP contribution is 2.45. The number of esters is 1. The molecule has 292 valence electrons. The van der Waals surface area contributed by atoms with Crippen molar-refractivity contribution in [2.24, 2.45) is 17.8 Å². The fraction of sp³-hybridized carbons (Fsp3) is 0.385. The van der Waals surface area contributed by atoms with E-state index in [1.807, 2.05) is 48.5 Å². The van der Waals surface area contributed by atoms with E-state index in [1.165, 1.54) is 18.2 Å². The van der Waals surface area contributed by atoms with Crippen molar-refractivity contribution in [3.05, 3.63) is 83.4 Å². The Labute approximate surface area is 315 Å². The summed E-state index contributed by atoms with van der Waals surface area (Å²) in [6.45, 7) is 0.211. The Morgan fingerprint density at radius 2 is 1.35 bits per heavy atom. The number of amides is 2. The van der Waals surface area contributed by atoms with Crippen LogP contribution in [0, 0.1) is 17.8 Å². The molecule has 3 aromatic rings. The number of ether oxygens (including phenoxy) is 4. The smallest absolute Gasteiger partial charge is 0.407 e. The van der Waals surface area contributed by atoms with Gasteiger partial charge in [0.2, 0.25) is 12.2 Å². The molecule has 0 radical (unpaired) electrons. The molecule has 1 aliphatic carbocycles. The van der Waals surface area contributed by atoms with Gasteiger partial charge in [-0.15, -0.1) is 0 Å². The second kappa shape index (κ2) is 18.4. The van der Waals surface area contributed by atoms with Crippen LogP contribution in [0.25, 0.3) is 11.1 Å². The van der Waals surface area contributed by atoms with Crippen molar-refractivity contribution < 1.29 is 68.1 Å². The first kappa shape index (κ1) is 40.2. The summed E-state index contributed by atoms with van der Waals surface area (Å²) in [6.07, 6.45) is -5.55. The molecule has 0 aromatic heterocycles. The summed E-state index contributed by atoms with van der Waals surface area (Å²) < 4.78 is 22.8. The van der Waals surface area contributed by atoms with E-state index in [0.29, 0.717) is 5.56 Å². The molecule has 1 heterocycles. The summed E-state index contributed by atoms with van der Waals surface area (Å²) in [7, 11) is 0. The highest BCUT2D eigenvalue weighted by Gasteiger charge is 2.49. The van der Waals surface area contributed by atoms with Gasteiger partial charge in [0.1, 0.15) is 19.0 Å². The molecule has 55 heavy (non-hydrogen) atoms. The van der Waals surface area contributed by atoms with Gasteiger partial charge in [0.15, 0.2) is 0 Å². The molecule has 16 nitrogen and oxygen atoms in total. The molecule has 0 saturated carbocycles. The number of carbonyl (C=O) groups excluding carboxylic acids is 3. The number of carboxylic acid groups (broad SMARTS) is 3. The number of benzene rings is 3. The lowest BCUT2D eigenvalue weighted by atomic mass is 9.71. The van der Waals surface area contributed by atoms with Crippen LogP contribution >= 0.6 is 0 Å². The van der Waals surface area contributed by atoms with Gasteiger partial charge in [-0.1, -0.05) is 54.6 Å². The Morgan fingerprint density at radius 1 is 0.745 bits per heavy atom. The van der Waals surface area contributed by atoms with Crippen LogP contribution < -0.4 is 15.4 Å². The molecule has 6 N–H and O–H groups in total. The van der Waals surface area contributed by atoms with Gasteiger partial charge in [-0.05, 0) is 45.9 Å². The number of nitrogens with one attached hydrogen (secondary N) is 2. The van der Waals surface area contributed by atoms with Crippen molar-refractivity contribution >= 4 is 41.6 Å². The summed E-state index contributed by atoms with van der Waals surface area (Å²) >= 11 is 0. The molecule has 1 aliphatic heterocycles. The number of rotatable bonds is 17. The van der Waals surface area contributed by atoms with Crippen LogP contribution in [0.15, 0.2) is 66.7 Å². The van der Waals surface area contributed by atoms with E-state index in [-0.39, 0.29) is 36.9 Å². The van der Waals surface area contributed by atoms with Gasteiger partial charge in [-0.25, -0.2) is 4.79 Å². The van der Waals surface area contributed by atoms with E-state index in [2.05, 4.69) is 10.6 Å². The minimum atomic E-state index is -1.50. The first-order valence-electron chi connectivity index (χ1n) is 17.6. The topological polar surface area (TPSA) is 244 Å². The van der Waals surface area contributed by atoms with Crippen molar-refractivity contribution in [2.75, 3.05) is 25.1 Å². The first-order chi connectivity index (χ1) is 26.3. The van der Waals surface area contributed by atoms with Crippen LogP contribution in [-0.2, 0) is 44.8 Å². The largest absolute Gasteiger partial charge is 0.481 e.